The maximum Gasteiger partial charge on any atom is 0.312 e. The lowest BCUT2D eigenvalue weighted by atomic mass is 10.1. The second-order valence-electron chi connectivity index (χ2n) is 5.52. The largest absolute Gasteiger partial charge is 0.501 e. The van der Waals surface area contributed by atoms with Gasteiger partial charge in [0.25, 0.3) is 11.1 Å². The summed E-state index contributed by atoms with van der Waals surface area (Å²) in [7, 11) is 0. The molecule has 1 aliphatic heterocycles. The molecule has 2 amide bonds. The fourth-order valence-electron chi connectivity index (χ4n) is 2.39. The van der Waals surface area contributed by atoms with Crippen molar-refractivity contribution in [2.24, 2.45) is 0 Å². The van der Waals surface area contributed by atoms with Gasteiger partial charge in [-0.3, -0.25) is 24.6 Å². The molecule has 1 aliphatic rings. The number of phenolic OH excluding ortho intramolecular Hbond substituents is 1. The van der Waals surface area contributed by atoms with Gasteiger partial charge in [0, 0.05) is 11.1 Å². The maximum atomic E-state index is 12.6. The van der Waals surface area contributed by atoms with Crippen molar-refractivity contribution in [2.75, 3.05) is 0 Å². The molecule has 1 saturated heterocycles. The number of nitro benzene ring substituents is 1. The topological polar surface area (TPSA) is 101 Å². The molecule has 27 heavy (non-hydrogen) atoms. The first-order chi connectivity index (χ1) is 12.8. The van der Waals surface area contributed by atoms with Crippen LogP contribution in [0.25, 0.3) is 6.08 Å². The SMILES string of the molecule is O=C1S/C(=C/c2cc(Br)c(O)c([N+](=O)[O-])c2)C(=O)N1Cc1ccc(Cl)cc1. The number of halogens is 2. The van der Waals surface area contributed by atoms with Crippen molar-refractivity contribution in [2.45, 2.75) is 6.54 Å². The van der Waals surface area contributed by atoms with E-state index in [0.29, 0.717) is 10.6 Å². The molecule has 1 N–H and O–H groups in total. The lowest BCUT2D eigenvalue weighted by Crippen LogP contribution is -2.27. The fourth-order valence-corrected chi connectivity index (χ4v) is 3.82. The molecule has 0 aliphatic carbocycles. The number of amides is 2. The molecule has 0 aromatic heterocycles. The summed E-state index contributed by atoms with van der Waals surface area (Å²) in [4.78, 5) is 36.3. The van der Waals surface area contributed by atoms with Crippen molar-refractivity contribution in [3.05, 3.63) is 72.0 Å². The van der Waals surface area contributed by atoms with Gasteiger partial charge in [0.2, 0.25) is 5.75 Å². The summed E-state index contributed by atoms with van der Waals surface area (Å²) in [6, 6.07) is 9.33. The van der Waals surface area contributed by atoms with Crippen LogP contribution < -0.4 is 0 Å². The first kappa shape index (κ1) is 19.4. The second kappa shape index (κ2) is 7.71. The van der Waals surface area contributed by atoms with E-state index in [-0.39, 0.29) is 15.9 Å². The molecule has 7 nitrogen and oxygen atoms in total. The predicted octanol–water partition coefficient (Wildman–Crippen LogP) is 4.95. The quantitative estimate of drug-likeness (QED) is 0.386. The van der Waals surface area contributed by atoms with E-state index >= 15 is 0 Å². The van der Waals surface area contributed by atoms with Crippen LogP contribution in [0.4, 0.5) is 10.5 Å². The van der Waals surface area contributed by atoms with Gasteiger partial charge in [-0.05, 0) is 63.1 Å². The van der Waals surface area contributed by atoms with Crippen molar-refractivity contribution < 1.29 is 19.6 Å². The Bertz CT molecular complexity index is 994. The van der Waals surface area contributed by atoms with Crippen molar-refractivity contribution in [1.29, 1.82) is 0 Å². The number of thioether (sulfide) groups is 1. The summed E-state index contributed by atoms with van der Waals surface area (Å²) in [6.07, 6.45) is 1.38. The number of carbonyl (C=O) groups is 2. The number of nitrogens with zero attached hydrogens (tertiary/aromatic N) is 2. The minimum atomic E-state index is -0.732. The van der Waals surface area contributed by atoms with Crippen LogP contribution in [0.3, 0.4) is 0 Å². The molecule has 1 heterocycles. The van der Waals surface area contributed by atoms with Crippen LogP contribution in [0.5, 0.6) is 5.75 Å². The number of hydrogen-bond acceptors (Lipinski definition) is 6. The number of imide groups is 1. The van der Waals surface area contributed by atoms with Gasteiger partial charge in [-0.25, -0.2) is 0 Å². The summed E-state index contributed by atoms with van der Waals surface area (Å²) >= 11 is 9.62. The minimum Gasteiger partial charge on any atom is -0.501 e. The molecule has 138 valence electrons. The van der Waals surface area contributed by atoms with Gasteiger partial charge in [0.15, 0.2) is 0 Å². The van der Waals surface area contributed by atoms with Crippen LogP contribution in [0.1, 0.15) is 11.1 Å². The average molecular weight is 470 g/mol. The highest BCUT2D eigenvalue weighted by molar-refractivity contribution is 9.10. The lowest BCUT2D eigenvalue weighted by Gasteiger charge is -2.12. The van der Waals surface area contributed by atoms with E-state index in [9.17, 15) is 24.8 Å². The van der Waals surface area contributed by atoms with E-state index in [2.05, 4.69) is 15.9 Å². The third-order valence-corrected chi connectivity index (χ3v) is 5.45. The van der Waals surface area contributed by atoms with Crippen molar-refractivity contribution in [3.63, 3.8) is 0 Å². The standard InChI is InChI=1S/C17H10BrClN2O5S/c18-12-5-10(6-13(15(12)22)21(25)26)7-14-16(23)20(17(24)27-14)8-9-1-3-11(19)4-2-9/h1-7,22H,8H2/b14-7+. The Morgan fingerprint density at radius 1 is 1.26 bits per heavy atom. The number of benzene rings is 2. The molecule has 0 bridgehead atoms. The molecule has 3 rings (SSSR count). The zero-order valence-electron chi connectivity index (χ0n) is 13.4. The maximum absolute atomic E-state index is 12.6. The Kier molecular flexibility index (Phi) is 5.54. The molecule has 2 aromatic rings. The van der Waals surface area contributed by atoms with E-state index in [1.54, 1.807) is 24.3 Å². The van der Waals surface area contributed by atoms with Gasteiger partial charge in [0.05, 0.1) is 20.8 Å². The summed E-state index contributed by atoms with van der Waals surface area (Å²) in [6.45, 7) is 0.0958. The summed E-state index contributed by atoms with van der Waals surface area (Å²) < 4.78 is 0.114. The first-order valence-electron chi connectivity index (χ1n) is 7.43. The monoisotopic (exact) mass is 468 g/mol. The molecule has 2 aromatic carbocycles. The number of aromatic hydroxyl groups is 1. The van der Waals surface area contributed by atoms with Crippen LogP contribution in [-0.4, -0.2) is 26.1 Å². The number of hydrogen-bond donors (Lipinski definition) is 1. The summed E-state index contributed by atoms with van der Waals surface area (Å²) in [5.41, 5.74) is 0.547. The number of carbonyl (C=O) groups excluding carboxylic acids is 2. The van der Waals surface area contributed by atoms with E-state index in [1.165, 1.54) is 12.1 Å². The number of rotatable bonds is 4. The van der Waals surface area contributed by atoms with Gasteiger partial charge in [-0.1, -0.05) is 23.7 Å². The summed E-state index contributed by atoms with van der Waals surface area (Å²) in [5.74, 6) is -1.00. The third-order valence-electron chi connectivity index (χ3n) is 3.69. The Morgan fingerprint density at radius 2 is 1.93 bits per heavy atom. The molecule has 0 spiro atoms. The van der Waals surface area contributed by atoms with E-state index in [4.69, 9.17) is 11.6 Å². The van der Waals surface area contributed by atoms with Crippen LogP contribution in [0, 0.1) is 10.1 Å². The number of nitro groups is 1. The normalized spacial score (nSPS) is 15.6. The fraction of sp³-hybridized carbons (Fsp3) is 0.0588. The van der Waals surface area contributed by atoms with Crippen molar-refractivity contribution in [1.82, 2.24) is 4.90 Å². The Hall–Kier alpha value is -2.36. The van der Waals surface area contributed by atoms with E-state index in [0.717, 1.165) is 28.3 Å². The van der Waals surface area contributed by atoms with Gasteiger partial charge in [-0.2, -0.15) is 0 Å². The van der Waals surface area contributed by atoms with Gasteiger partial charge in [-0.15, -0.1) is 0 Å². The second-order valence-corrected chi connectivity index (χ2v) is 7.81. The zero-order valence-corrected chi connectivity index (χ0v) is 16.5. The number of phenols is 1. The average Bonchev–Trinajstić information content (AvgIpc) is 2.87. The summed E-state index contributed by atoms with van der Waals surface area (Å²) in [5, 5.41) is 20.9. The van der Waals surface area contributed by atoms with Gasteiger partial charge in [0.1, 0.15) is 0 Å². The molecule has 10 heteroatoms. The highest BCUT2D eigenvalue weighted by atomic mass is 79.9. The van der Waals surface area contributed by atoms with Gasteiger partial charge < -0.3 is 5.11 Å². The Balaban J connectivity index is 1.88. The van der Waals surface area contributed by atoms with Crippen molar-refractivity contribution >= 4 is 62.2 Å². The van der Waals surface area contributed by atoms with Crippen LogP contribution in [-0.2, 0) is 11.3 Å². The van der Waals surface area contributed by atoms with E-state index < -0.39 is 27.5 Å². The Labute approximate surface area is 170 Å². The molecule has 0 unspecified atom stereocenters. The molecule has 1 fully saturated rings. The van der Waals surface area contributed by atoms with Crippen LogP contribution in [0.15, 0.2) is 45.8 Å². The molecule has 0 atom stereocenters. The smallest absolute Gasteiger partial charge is 0.312 e. The van der Waals surface area contributed by atoms with Crippen molar-refractivity contribution in [3.8, 4) is 5.75 Å². The lowest BCUT2D eigenvalue weighted by molar-refractivity contribution is -0.386. The highest BCUT2D eigenvalue weighted by Crippen LogP contribution is 2.38. The molecule has 0 saturated carbocycles. The molecular formula is C17H10BrClN2O5S. The van der Waals surface area contributed by atoms with Crippen LogP contribution in [0.2, 0.25) is 5.02 Å². The van der Waals surface area contributed by atoms with Crippen LogP contribution >= 0.6 is 39.3 Å². The predicted molar refractivity (Wildman–Crippen MR) is 105 cm³/mol. The third kappa shape index (κ3) is 4.15. The zero-order chi connectivity index (χ0) is 19.7. The minimum absolute atomic E-state index is 0.0958. The van der Waals surface area contributed by atoms with E-state index in [1.807, 2.05) is 0 Å². The molecular weight excluding hydrogens is 460 g/mol. The first-order valence-corrected chi connectivity index (χ1v) is 9.41. The highest BCUT2D eigenvalue weighted by Gasteiger charge is 2.35. The van der Waals surface area contributed by atoms with Gasteiger partial charge >= 0.3 is 5.69 Å². The molecule has 0 radical (unpaired) electrons. The Morgan fingerprint density at radius 3 is 2.56 bits per heavy atom.